The molecule has 0 aliphatic rings. The molecule has 244 valence electrons. The van der Waals surface area contributed by atoms with Crippen LogP contribution in [0.5, 0.6) is 0 Å². The zero-order valence-corrected chi connectivity index (χ0v) is 24.7. The normalized spacial score (nSPS) is 13.2. The number of aromatic nitrogens is 1. The molecule has 2 aromatic carbocycles. The third-order valence-corrected chi connectivity index (χ3v) is 7.29. The third kappa shape index (κ3) is 10.5. The van der Waals surface area contributed by atoms with Crippen molar-refractivity contribution in [2.24, 2.45) is 22.9 Å². The molecule has 0 saturated heterocycles. The van der Waals surface area contributed by atoms with E-state index < -0.39 is 53.5 Å². The maximum atomic E-state index is 13.4. The van der Waals surface area contributed by atoms with Crippen LogP contribution in [0.3, 0.4) is 0 Å². The lowest BCUT2D eigenvalue weighted by Crippen LogP contribution is -2.58. The van der Waals surface area contributed by atoms with Gasteiger partial charge in [0.2, 0.25) is 17.7 Å². The first-order valence-corrected chi connectivity index (χ1v) is 14.4. The Morgan fingerprint density at radius 1 is 0.867 bits per heavy atom. The van der Waals surface area contributed by atoms with Crippen molar-refractivity contribution < 1.29 is 27.6 Å². The van der Waals surface area contributed by atoms with Crippen LogP contribution >= 0.6 is 0 Å². The van der Waals surface area contributed by atoms with Crippen molar-refractivity contribution in [3.05, 3.63) is 71.9 Å². The molecule has 3 amide bonds. The molecule has 0 aliphatic carbocycles. The molecule has 0 bridgehead atoms. The van der Waals surface area contributed by atoms with Crippen LogP contribution in [0.15, 0.2) is 60.8 Å². The van der Waals surface area contributed by atoms with Gasteiger partial charge in [0.15, 0.2) is 0 Å². The van der Waals surface area contributed by atoms with Crippen LogP contribution in [0.1, 0.15) is 36.8 Å². The maximum absolute atomic E-state index is 13.4. The van der Waals surface area contributed by atoms with E-state index in [0.29, 0.717) is 55.7 Å². The predicted molar refractivity (Wildman–Crippen MR) is 165 cm³/mol. The van der Waals surface area contributed by atoms with Crippen LogP contribution in [0.25, 0.3) is 10.9 Å². The predicted octanol–water partition coefficient (Wildman–Crippen LogP) is 1.04. The fourth-order valence-electron chi connectivity index (χ4n) is 4.86. The molecular formula is C30H40F3N9O3. The highest BCUT2D eigenvalue weighted by atomic mass is 19.4. The van der Waals surface area contributed by atoms with E-state index in [4.69, 9.17) is 22.9 Å². The SMILES string of the molecule is NCCC(CCN)(CCN)NNC(=O)C[C@H](N)C(=O)N[C@@H](Cc1ccc(C(F)(F)F)cc1)C(=O)Nc1cnc2ccccc2c1. The Kier molecular flexibility index (Phi) is 12.8. The van der Waals surface area contributed by atoms with E-state index >= 15 is 0 Å². The number of nitrogens with one attached hydrogen (secondary N) is 4. The van der Waals surface area contributed by atoms with E-state index in [-0.39, 0.29) is 6.42 Å². The lowest BCUT2D eigenvalue weighted by molar-refractivity contribution is -0.137. The van der Waals surface area contributed by atoms with Gasteiger partial charge >= 0.3 is 6.18 Å². The van der Waals surface area contributed by atoms with Gasteiger partial charge in [0.1, 0.15) is 6.04 Å². The molecule has 12 N–H and O–H groups in total. The van der Waals surface area contributed by atoms with E-state index in [0.717, 1.165) is 17.5 Å². The summed E-state index contributed by atoms with van der Waals surface area (Å²) in [5.41, 5.74) is 28.6. The lowest BCUT2D eigenvalue weighted by atomic mass is 9.88. The summed E-state index contributed by atoms with van der Waals surface area (Å²) in [6.07, 6.45) is -2.22. The second-order valence-electron chi connectivity index (χ2n) is 10.7. The number of pyridine rings is 1. The fraction of sp³-hybridized carbons (Fsp3) is 0.400. The number of carbonyl (C=O) groups excluding carboxylic acids is 3. The molecule has 0 fully saturated rings. The first kappa shape index (κ1) is 35.3. The van der Waals surface area contributed by atoms with Gasteiger partial charge in [-0.05, 0) is 68.7 Å². The number of anilines is 1. The summed E-state index contributed by atoms with van der Waals surface area (Å²) in [7, 11) is 0. The van der Waals surface area contributed by atoms with Gasteiger partial charge in [-0.1, -0.05) is 30.3 Å². The van der Waals surface area contributed by atoms with E-state index in [2.05, 4.69) is 26.5 Å². The molecule has 0 aliphatic heterocycles. The van der Waals surface area contributed by atoms with Crippen LogP contribution in [0.2, 0.25) is 0 Å². The number of fused-ring (bicyclic) bond motifs is 1. The average molecular weight is 632 g/mol. The molecule has 15 heteroatoms. The van der Waals surface area contributed by atoms with Gasteiger partial charge in [-0.2, -0.15) is 13.2 Å². The number of benzene rings is 2. The van der Waals surface area contributed by atoms with Crippen molar-refractivity contribution in [2.75, 3.05) is 25.0 Å². The number of halogens is 3. The number of hydrogen-bond acceptors (Lipinski definition) is 9. The third-order valence-electron chi connectivity index (χ3n) is 7.29. The lowest BCUT2D eigenvalue weighted by Gasteiger charge is -2.34. The van der Waals surface area contributed by atoms with Crippen molar-refractivity contribution in [1.82, 2.24) is 21.2 Å². The first-order valence-electron chi connectivity index (χ1n) is 14.4. The van der Waals surface area contributed by atoms with Crippen LogP contribution in [0.4, 0.5) is 18.9 Å². The summed E-state index contributed by atoms with van der Waals surface area (Å²) in [6.45, 7) is 0.966. The zero-order chi connectivity index (χ0) is 33.0. The first-order chi connectivity index (χ1) is 21.4. The molecule has 1 heterocycles. The minimum atomic E-state index is -4.53. The Morgan fingerprint density at radius 2 is 1.49 bits per heavy atom. The number of amides is 3. The van der Waals surface area contributed by atoms with Crippen molar-refractivity contribution >= 4 is 34.3 Å². The van der Waals surface area contributed by atoms with Crippen molar-refractivity contribution in [3.8, 4) is 0 Å². The van der Waals surface area contributed by atoms with E-state index in [1.807, 2.05) is 18.2 Å². The number of rotatable bonds is 16. The van der Waals surface area contributed by atoms with Gasteiger partial charge in [-0.15, -0.1) is 0 Å². The van der Waals surface area contributed by atoms with Gasteiger partial charge in [0.25, 0.3) is 0 Å². The molecular weight excluding hydrogens is 591 g/mol. The summed E-state index contributed by atoms with van der Waals surface area (Å²) in [5, 5.41) is 5.99. The van der Waals surface area contributed by atoms with Crippen LogP contribution in [-0.2, 0) is 27.0 Å². The quantitative estimate of drug-likeness (QED) is 0.106. The number of alkyl halides is 3. The van der Waals surface area contributed by atoms with Crippen molar-refractivity contribution in [2.45, 2.75) is 55.9 Å². The summed E-state index contributed by atoms with van der Waals surface area (Å²) < 4.78 is 39.2. The molecule has 45 heavy (non-hydrogen) atoms. The Hall–Kier alpha value is -4.15. The molecule has 0 saturated carbocycles. The van der Waals surface area contributed by atoms with Gasteiger partial charge in [-0.25, -0.2) is 5.43 Å². The average Bonchev–Trinajstić information content (AvgIpc) is 3.00. The second-order valence-corrected chi connectivity index (χ2v) is 10.7. The smallest absolute Gasteiger partial charge is 0.343 e. The highest BCUT2D eigenvalue weighted by Crippen LogP contribution is 2.29. The molecule has 0 radical (unpaired) electrons. The van der Waals surface area contributed by atoms with E-state index in [1.54, 1.807) is 12.1 Å². The molecule has 3 aromatic rings. The molecule has 2 atom stereocenters. The molecule has 1 aromatic heterocycles. The minimum absolute atomic E-state index is 0.156. The van der Waals surface area contributed by atoms with Crippen molar-refractivity contribution in [3.63, 3.8) is 0 Å². The number of hydrogen-bond donors (Lipinski definition) is 8. The number of nitrogens with zero attached hydrogens (tertiary/aromatic N) is 1. The van der Waals surface area contributed by atoms with Crippen LogP contribution in [-0.4, -0.2) is 60.0 Å². The highest BCUT2D eigenvalue weighted by Gasteiger charge is 2.31. The largest absolute Gasteiger partial charge is 0.416 e. The fourth-order valence-corrected chi connectivity index (χ4v) is 4.86. The van der Waals surface area contributed by atoms with Gasteiger partial charge in [0.05, 0.1) is 35.4 Å². The highest BCUT2D eigenvalue weighted by molar-refractivity contribution is 5.99. The van der Waals surface area contributed by atoms with Crippen LogP contribution in [0, 0.1) is 0 Å². The van der Waals surface area contributed by atoms with Gasteiger partial charge in [0, 0.05) is 17.3 Å². The monoisotopic (exact) mass is 631 g/mol. The standard InChI is InChI=1S/C30H40F3N9O3/c31-30(32,33)21-7-5-19(6-8-21)15-25(28(45)39-22-16-20-3-1-2-4-24(20)38-18-22)40-27(44)23(37)17-26(43)41-42-29(9-12-34,10-13-35)11-14-36/h1-8,16,18,23,25,42H,9-15,17,34-37H2,(H,39,45)(H,40,44)(H,41,43)/t23-,25-/m0/s1. The molecule has 3 rings (SSSR count). The summed E-state index contributed by atoms with van der Waals surface area (Å²) in [5.74, 6) is -2.07. The van der Waals surface area contributed by atoms with Gasteiger partial charge < -0.3 is 33.6 Å². The van der Waals surface area contributed by atoms with Crippen molar-refractivity contribution in [1.29, 1.82) is 0 Å². The Bertz CT molecular complexity index is 1420. The number of nitrogens with two attached hydrogens (primary N) is 4. The number of carbonyl (C=O) groups is 3. The van der Waals surface area contributed by atoms with Gasteiger partial charge in [-0.3, -0.25) is 24.8 Å². The summed E-state index contributed by atoms with van der Waals surface area (Å²) in [4.78, 5) is 43.4. The Balaban J connectivity index is 1.72. The maximum Gasteiger partial charge on any atom is 0.416 e. The van der Waals surface area contributed by atoms with Crippen LogP contribution < -0.4 is 44.4 Å². The number of para-hydroxylation sites is 1. The summed E-state index contributed by atoms with van der Waals surface area (Å²) in [6, 6.07) is 10.6. The Labute approximate surface area is 258 Å². The topological polar surface area (TPSA) is 216 Å². The molecule has 0 unspecified atom stereocenters. The number of hydrazine groups is 1. The van der Waals surface area contributed by atoms with E-state index in [9.17, 15) is 27.6 Å². The molecule has 12 nitrogen and oxygen atoms in total. The second kappa shape index (κ2) is 16.2. The minimum Gasteiger partial charge on any atom is -0.343 e. The molecule has 0 spiro atoms. The summed E-state index contributed by atoms with van der Waals surface area (Å²) >= 11 is 0. The Morgan fingerprint density at radius 3 is 2.09 bits per heavy atom. The van der Waals surface area contributed by atoms with E-state index in [1.165, 1.54) is 18.3 Å². The zero-order valence-electron chi connectivity index (χ0n) is 24.7.